The summed E-state index contributed by atoms with van der Waals surface area (Å²) in [5, 5.41) is 12.4. The summed E-state index contributed by atoms with van der Waals surface area (Å²) < 4.78 is 0. The second-order valence-corrected chi connectivity index (χ2v) is 5.87. The van der Waals surface area contributed by atoms with E-state index in [0.29, 0.717) is 0 Å². The summed E-state index contributed by atoms with van der Waals surface area (Å²) in [6.45, 7) is 4.32. The number of aliphatic hydroxyl groups is 1. The van der Waals surface area contributed by atoms with Gasteiger partial charge in [0, 0.05) is 4.88 Å². The van der Waals surface area contributed by atoms with Crippen molar-refractivity contribution in [1.82, 2.24) is 0 Å². The molecule has 1 aromatic rings. The molecule has 0 bridgehead atoms. The third-order valence-electron chi connectivity index (χ3n) is 3.47. The maximum absolute atomic E-state index is 10.3. The van der Waals surface area contributed by atoms with Gasteiger partial charge >= 0.3 is 0 Å². The van der Waals surface area contributed by atoms with Gasteiger partial charge in [-0.1, -0.05) is 19.8 Å². The van der Waals surface area contributed by atoms with Gasteiger partial charge < -0.3 is 5.11 Å². The highest BCUT2D eigenvalue weighted by Gasteiger charge is 2.36. The van der Waals surface area contributed by atoms with Gasteiger partial charge in [-0.2, -0.15) is 0 Å². The molecule has 14 heavy (non-hydrogen) atoms. The van der Waals surface area contributed by atoms with Crippen LogP contribution in [0, 0.1) is 12.3 Å². The number of hydrogen-bond donors (Lipinski definition) is 1. The van der Waals surface area contributed by atoms with Crippen LogP contribution >= 0.6 is 11.3 Å². The molecule has 2 rings (SSSR count). The van der Waals surface area contributed by atoms with E-state index in [0.717, 1.165) is 5.56 Å². The molecule has 78 valence electrons. The van der Waals surface area contributed by atoms with Gasteiger partial charge in [-0.05, 0) is 42.2 Å². The van der Waals surface area contributed by atoms with Gasteiger partial charge in [0.15, 0.2) is 0 Å². The molecular weight excluding hydrogens is 192 g/mol. The molecule has 0 radical (unpaired) electrons. The molecular formula is C12H18OS. The van der Waals surface area contributed by atoms with Crippen molar-refractivity contribution in [1.29, 1.82) is 0 Å². The van der Waals surface area contributed by atoms with Gasteiger partial charge in [0.05, 0.1) is 6.10 Å². The van der Waals surface area contributed by atoms with Crippen LogP contribution in [-0.4, -0.2) is 5.11 Å². The van der Waals surface area contributed by atoms with Gasteiger partial charge in [0.2, 0.25) is 0 Å². The molecule has 1 saturated carbocycles. The molecule has 0 saturated heterocycles. The van der Waals surface area contributed by atoms with Crippen LogP contribution < -0.4 is 0 Å². The smallest absolute Gasteiger partial charge is 0.0851 e. The maximum Gasteiger partial charge on any atom is 0.0851 e. The van der Waals surface area contributed by atoms with Crippen LogP contribution in [0.4, 0.5) is 0 Å². The van der Waals surface area contributed by atoms with Gasteiger partial charge in [0.25, 0.3) is 0 Å². The lowest BCUT2D eigenvalue weighted by Gasteiger charge is -2.29. The Morgan fingerprint density at radius 1 is 1.43 bits per heavy atom. The zero-order valence-electron chi connectivity index (χ0n) is 8.92. The molecule has 1 atom stereocenters. The Labute approximate surface area is 89.8 Å². The van der Waals surface area contributed by atoms with E-state index in [-0.39, 0.29) is 11.5 Å². The van der Waals surface area contributed by atoms with Crippen molar-refractivity contribution in [2.45, 2.75) is 45.6 Å². The first-order valence-electron chi connectivity index (χ1n) is 5.35. The first-order chi connectivity index (χ1) is 6.62. The molecule has 1 unspecified atom stereocenters. The second-order valence-electron chi connectivity index (χ2n) is 4.75. The molecule has 1 fully saturated rings. The summed E-state index contributed by atoms with van der Waals surface area (Å²) >= 11 is 1.73. The van der Waals surface area contributed by atoms with Crippen molar-refractivity contribution in [2.24, 2.45) is 5.41 Å². The third kappa shape index (κ3) is 1.73. The summed E-state index contributed by atoms with van der Waals surface area (Å²) in [4.78, 5) is 1.29. The molecule has 1 aliphatic carbocycles. The Balaban J connectivity index is 2.18. The van der Waals surface area contributed by atoms with Crippen molar-refractivity contribution >= 4 is 11.3 Å². The topological polar surface area (TPSA) is 20.2 Å². The van der Waals surface area contributed by atoms with Gasteiger partial charge in [-0.3, -0.25) is 0 Å². The Morgan fingerprint density at radius 3 is 2.57 bits per heavy atom. The fraction of sp³-hybridized carbons (Fsp3) is 0.667. The van der Waals surface area contributed by atoms with E-state index in [1.807, 2.05) is 0 Å². The summed E-state index contributed by atoms with van der Waals surface area (Å²) in [6, 6.07) is 2.12. The van der Waals surface area contributed by atoms with Gasteiger partial charge in [-0.25, -0.2) is 0 Å². The number of aliphatic hydroxyl groups excluding tert-OH is 1. The SMILES string of the molecule is Cc1cc(C(O)C2(C)CCCC2)cs1. The highest BCUT2D eigenvalue weighted by molar-refractivity contribution is 7.10. The summed E-state index contributed by atoms with van der Waals surface area (Å²) in [5.41, 5.74) is 1.25. The average Bonchev–Trinajstić information content (AvgIpc) is 2.74. The van der Waals surface area contributed by atoms with Gasteiger partial charge in [0.1, 0.15) is 0 Å². The predicted octanol–water partition coefficient (Wildman–Crippen LogP) is 3.67. The lowest BCUT2D eigenvalue weighted by molar-refractivity contribution is 0.0411. The lowest BCUT2D eigenvalue weighted by Crippen LogP contribution is -2.21. The van der Waals surface area contributed by atoms with Crippen molar-refractivity contribution < 1.29 is 5.11 Å². The van der Waals surface area contributed by atoms with Crippen LogP contribution in [0.15, 0.2) is 11.4 Å². The fourth-order valence-corrected chi connectivity index (χ4v) is 3.19. The minimum Gasteiger partial charge on any atom is -0.388 e. The molecule has 0 amide bonds. The molecule has 1 aliphatic rings. The molecule has 0 spiro atoms. The van der Waals surface area contributed by atoms with E-state index in [2.05, 4.69) is 25.3 Å². The van der Waals surface area contributed by atoms with E-state index in [4.69, 9.17) is 0 Å². The Morgan fingerprint density at radius 2 is 2.07 bits per heavy atom. The molecule has 1 nitrogen and oxygen atoms in total. The summed E-state index contributed by atoms with van der Waals surface area (Å²) in [6.07, 6.45) is 4.63. The van der Waals surface area contributed by atoms with Gasteiger partial charge in [-0.15, -0.1) is 11.3 Å². The van der Waals surface area contributed by atoms with Crippen LogP contribution in [0.3, 0.4) is 0 Å². The third-order valence-corrected chi connectivity index (χ3v) is 4.35. The van der Waals surface area contributed by atoms with Crippen molar-refractivity contribution in [3.8, 4) is 0 Å². The molecule has 1 aromatic heterocycles. The fourth-order valence-electron chi connectivity index (χ4n) is 2.47. The zero-order valence-corrected chi connectivity index (χ0v) is 9.73. The van der Waals surface area contributed by atoms with Crippen molar-refractivity contribution in [3.05, 3.63) is 21.9 Å². The lowest BCUT2D eigenvalue weighted by atomic mass is 9.80. The number of rotatable bonds is 2. The molecule has 0 aliphatic heterocycles. The van der Waals surface area contributed by atoms with E-state index < -0.39 is 0 Å². The molecule has 1 N–H and O–H groups in total. The highest BCUT2D eigenvalue weighted by atomic mass is 32.1. The van der Waals surface area contributed by atoms with Crippen LogP contribution in [0.1, 0.15) is 49.2 Å². The minimum absolute atomic E-state index is 0.132. The second kappa shape index (κ2) is 3.67. The van der Waals surface area contributed by atoms with Crippen molar-refractivity contribution in [3.63, 3.8) is 0 Å². The van der Waals surface area contributed by atoms with Crippen LogP contribution in [0.2, 0.25) is 0 Å². The number of aryl methyl sites for hydroxylation is 1. The van der Waals surface area contributed by atoms with Crippen molar-refractivity contribution in [2.75, 3.05) is 0 Å². The summed E-state index contributed by atoms with van der Waals surface area (Å²) in [5.74, 6) is 0. The Bertz CT molecular complexity index is 310. The molecule has 0 aromatic carbocycles. The van der Waals surface area contributed by atoms with Crippen LogP contribution in [-0.2, 0) is 0 Å². The number of thiophene rings is 1. The zero-order chi connectivity index (χ0) is 10.2. The van der Waals surface area contributed by atoms with E-state index in [9.17, 15) is 5.11 Å². The molecule has 2 heteroatoms. The van der Waals surface area contributed by atoms with E-state index >= 15 is 0 Å². The van der Waals surface area contributed by atoms with E-state index in [1.165, 1.54) is 30.6 Å². The quantitative estimate of drug-likeness (QED) is 0.789. The monoisotopic (exact) mass is 210 g/mol. The van der Waals surface area contributed by atoms with Crippen LogP contribution in [0.25, 0.3) is 0 Å². The predicted molar refractivity (Wildman–Crippen MR) is 60.6 cm³/mol. The maximum atomic E-state index is 10.3. The average molecular weight is 210 g/mol. The standard InChI is InChI=1S/C12H18OS/c1-9-7-10(8-14-9)11(13)12(2)5-3-4-6-12/h7-8,11,13H,3-6H2,1-2H3. The Hall–Kier alpha value is -0.340. The normalized spacial score (nSPS) is 22.5. The first-order valence-corrected chi connectivity index (χ1v) is 6.23. The first kappa shape index (κ1) is 10.2. The highest BCUT2D eigenvalue weighted by Crippen LogP contribution is 2.47. The minimum atomic E-state index is -0.255. The summed E-state index contributed by atoms with van der Waals surface area (Å²) in [7, 11) is 0. The largest absolute Gasteiger partial charge is 0.388 e. The number of hydrogen-bond acceptors (Lipinski definition) is 2. The Kier molecular flexibility index (Phi) is 2.67. The van der Waals surface area contributed by atoms with Crippen LogP contribution in [0.5, 0.6) is 0 Å². The molecule has 1 heterocycles. The van der Waals surface area contributed by atoms with E-state index in [1.54, 1.807) is 11.3 Å².